The first-order valence-electron chi connectivity index (χ1n) is 9.04. The maximum absolute atomic E-state index is 12.8. The summed E-state index contributed by atoms with van der Waals surface area (Å²) in [6.07, 6.45) is -3.72. The van der Waals surface area contributed by atoms with Gasteiger partial charge in [-0.2, -0.15) is 13.2 Å². The Bertz CT molecular complexity index is 934. The Labute approximate surface area is 186 Å². The van der Waals surface area contributed by atoms with E-state index < -0.39 is 17.8 Å². The highest BCUT2D eigenvalue weighted by atomic mass is 35.5. The summed E-state index contributed by atoms with van der Waals surface area (Å²) < 4.78 is 38.4. The molecule has 2 heterocycles. The summed E-state index contributed by atoms with van der Waals surface area (Å²) in [5.41, 5.74) is -0.458. The summed E-state index contributed by atoms with van der Waals surface area (Å²) in [5, 5.41) is 3.55. The van der Waals surface area contributed by atoms with Crippen LogP contribution >= 0.6 is 34.8 Å². The van der Waals surface area contributed by atoms with Crippen LogP contribution in [0, 0.1) is 0 Å². The van der Waals surface area contributed by atoms with Crippen LogP contribution in [0.3, 0.4) is 0 Å². The second kappa shape index (κ2) is 9.18. The summed E-state index contributed by atoms with van der Waals surface area (Å²) >= 11 is 18.1. The zero-order chi connectivity index (χ0) is 22.1. The Morgan fingerprint density at radius 2 is 1.77 bits per heavy atom. The lowest BCUT2D eigenvalue weighted by molar-refractivity contribution is -0.137. The van der Waals surface area contributed by atoms with E-state index in [4.69, 9.17) is 34.8 Å². The molecule has 1 aliphatic rings. The summed E-state index contributed by atoms with van der Waals surface area (Å²) in [4.78, 5) is 20.3. The number of aromatic nitrogens is 1. The SMILES string of the molecule is CC(C(=O)Nc1cc(Cl)ccc1Cl)N1CCN(c2ncc(C(F)(F)F)cc2Cl)CC1. The predicted octanol–water partition coefficient (Wildman–Crippen LogP) is 5.21. The summed E-state index contributed by atoms with van der Waals surface area (Å²) in [6.45, 7) is 3.72. The van der Waals surface area contributed by atoms with Gasteiger partial charge in [0.2, 0.25) is 5.91 Å². The zero-order valence-electron chi connectivity index (χ0n) is 15.8. The Morgan fingerprint density at radius 3 is 2.37 bits per heavy atom. The van der Waals surface area contributed by atoms with Crippen LogP contribution < -0.4 is 10.2 Å². The molecule has 0 aliphatic carbocycles. The zero-order valence-corrected chi connectivity index (χ0v) is 18.1. The van der Waals surface area contributed by atoms with E-state index in [0.29, 0.717) is 47.7 Å². The van der Waals surface area contributed by atoms with Crippen LogP contribution in [-0.2, 0) is 11.0 Å². The number of hydrogen-bond donors (Lipinski definition) is 1. The highest BCUT2D eigenvalue weighted by Crippen LogP contribution is 2.34. The molecule has 1 aromatic heterocycles. The third-order valence-corrected chi connectivity index (χ3v) is 5.72. The number of pyridine rings is 1. The van der Waals surface area contributed by atoms with Gasteiger partial charge in [-0.3, -0.25) is 9.69 Å². The van der Waals surface area contributed by atoms with Crippen molar-refractivity contribution >= 4 is 52.2 Å². The maximum Gasteiger partial charge on any atom is 0.417 e. The van der Waals surface area contributed by atoms with Gasteiger partial charge >= 0.3 is 6.18 Å². The molecule has 1 aromatic carbocycles. The summed E-state index contributed by atoms with van der Waals surface area (Å²) in [6, 6.07) is 5.23. The molecule has 1 N–H and O–H groups in total. The molecule has 1 amide bonds. The first-order valence-corrected chi connectivity index (χ1v) is 10.2. The van der Waals surface area contributed by atoms with E-state index in [1.165, 1.54) is 0 Å². The van der Waals surface area contributed by atoms with Gasteiger partial charge in [0.05, 0.1) is 27.3 Å². The number of rotatable bonds is 4. The average Bonchev–Trinajstić information content (AvgIpc) is 2.69. The lowest BCUT2D eigenvalue weighted by Crippen LogP contribution is -2.53. The number of anilines is 2. The molecule has 5 nitrogen and oxygen atoms in total. The van der Waals surface area contributed by atoms with Crippen LogP contribution in [0.4, 0.5) is 24.7 Å². The molecule has 0 bridgehead atoms. The summed E-state index contributed by atoms with van der Waals surface area (Å²) in [7, 11) is 0. The van der Waals surface area contributed by atoms with Crippen LogP contribution in [0.25, 0.3) is 0 Å². The molecule has 1 fully saturated rings. The van der Waals surface area contributed by atoms with Gasteiger partial charge in [0.15, 0.2) is 0 Å². The summed E-state index contributed by atoms with van der Waals surface area (Å²) in [5.74, 6) is 0.0606. The van der Waals surface area contributed by atoms with Crippen LogP contribution in [-0.4, -0.2) is 48.0 Å². The molecule has 1 unspecified atom stereocenters. The molecular weight excluding hydrogens is 464 g/mol. The predicted molar refractivity (Wildman–Crippen MR) is 113 cm³/mol. The number of benzene rings is 1. The van der Waals surface area contributed by atoms with Gasteiger partial charge in [0.25, 0.3) is 0 Å². The maximum atomic E-state index is 12.8. The van der Waals surface area contributed by atoms with Crippen molar-refractivity contribution in [3.05, 3.63) is 51.1 Å². The molecule has 11 heteroatoms. The van der Waals surface area contributed by atoms with Gasteiger partial charge in [-0.15, -0.1) is 0 Å². The van der Waals surface area contributed by atoms with Crippen molar-refractivity contribution in [2.75, 3.05) is 36.4 Å². The highest BCUT2D eigenvalue weighted by Gasteiger charge is 2.33. The average molecular weight is 482 g/mol. The van der Waals surface area contributed by atoms with E-state index in [1.54, 1.807) is 30.0 Å². The number of halogens is 6. The van der Waals surface area contributed by atoms with E-state index in [1.807, 2.05) is 4.90 Å². The van der Waals surface area contributed by atoms with Crippen molar-refractivity contribution in [3.8, 4) is 0 Å². The molecule has 1 saturated heterocycles. The third-order valence-electron chi connectivity index (χ3n) is 4.88. The molecule has 3 rings (SSSR count). The van der Waals surface area contributed by atoms with E-state index in [2.05, 4.69) is 10.3 Å². The van der Waals surface area contributed by atoms with Crippen molar-refractivity contribution in [1.29, 1.82) is 0 Å². The molecule has 30 heavy (non-hydrogen) atoms. The van der Waals surface area contributed by atoms with Gasteiger partial charge in [-0.05, 0) is 31.2 Å². The Hall–Kier alpha value is -1.74. The van der Waals surface area contributed by atoms with Crippen molar-refractivity contribution in [2.24, 2.45) is 0 Å². The number of nitrogens with one attached hydrogen (secondary N) is 1. The smallest absolute Gasteiger partial charge is 0.353 e. The first kappa shape index (κ1) is 22.9. The van der Waals surface area contributed by atoms with Crippen LogP contribution in [0.15, 0.2) is 30.5 Å². The highest BCUT2D eigenvalue weighted by molar-refractivity contribution is 6.35. The molecule has 1 aliphatic heterocycles. The van der Waals surface area contributed by atoms with Crippen LogP contribution in [0.2, 0.25) is 15.1 Å². The van der Waals surface area contributed by atoms with Gasteiger partial charge < -0.3 is 10.2 Å². The van der Waals surface area contributed by atoms with Gasteiger partial charge in [0.1, 0.15) is 5.82 Å². The first-order chi connectivity index (χ1) is 14.1. The fourth-order valence-electron chi connectivity index (χ4n) is 3.14. The fraction of sp³-hybridized carbons (Fsp3) is 0.368. The van der Waals surface area contributed by atoms with Crippen LogP contribution in [0.5, 0.6) is 0 Å². The van der Waals surface area contributed by atoms with Crippen molar-refractivity contribution in [3.63, 3.8) is 0 Å². The van der Waals surface area contributed by atoms with E-state index >= 15 is 0 Å². The van der Waals surface area contributed by atoms with E-state index in [-0.39, 0.29) is 10.9 Å². The number of piperazine rings is 1. The standard InChI is InChI=1S/C19H18Cl3F3N4O/c1-11(18(30)27-16-9-13(20)2-3-14(16)21)28-4-6-29(7-5-28)17-15(22)8-12(10-26-17)19(23,24)25/h2-3,8-11H,4-7H2,1H3,(H,27,30). The number of alkyl halides is 3. The monoisotopic (exact) mass is 480 g/mol. The van der Waals surface area contributed by atoms with Crippen LogP contribution in [0.1, 0.15) is 12.5 Å². The Balaban J connectivity index is 1.61. The van der Waals surface area contributed by atoms with Gasteiger partial charge in [-0.1, -0.05) is 34.8 Å². The van der Waals surface area contributed by atoms with Crippen molar-refractivity contribution in [2.45, 2.75) is 19.1 Å². The number of hydrogen-bond acceptors (Lipinski definition) is 4. The fourth-order valence-corrected chi connectivity index (χ4v) is 3.76. The van der Waals surface area contributed by atoms with Gasteiger partial charge in [-0.25, -0.2) is 4.98 Å². The number of carbonyl (C=O) groups is 1. The molecule has 0 radical (unpaired) electrons. The van der Waals surface area contributed by atoms with Gasteiger partial charge in [0, 0.05) is 37.4 Å². The molecule has 0 spiro atoms. The quantitative estimate of drug-likeness (QED) is 0.651. The minimum absolute atomic E-state index is 0.0559. The van der Waals surface area contributed by atoms with Crippen molar-refractivity contribution < 1.29 is 18.0 Å². The van der Waals surface area contributed by atoms with Crippen molar-refractivity contribution in [1.82, 2.24) is 9.88 Å². The molecular formula is C19H18Cl3F3N4O. The normalized spacial score (nSPS) is 16.4. The molecule has 2 aromatic rings. The Morgan fingerprint density at radius 1 is 1.10 bits per heavy atom. The largest absolute Gasteiger partial charge is 0.417 e. The molecule has 162 valence electrons. The Kier molecular flexibility index (Phi) is 7.02. The minimum atomic E-state index is -4.50. The molecule has 0 saturated carbocycles. The number of carbonyl (C=O) groups excluding carboxylic acids is 1. The number of nitrogens with zero attached hydrogens (tertiary/aromatic N) is 3. The van der Waals surface area contributed by atoms with E-state index in [0.717, 1.165) is 12.3 Å². The third kappa shape index (κ3) is 5.29. The minimum Gasteiger partial charge on any atom is -0.353 e. The molecule has 1 atom stereocenters. The topological polar surface area (TPSA) is 48.5 Å². The van der Waals surface area contributed by atoms with E-state index in [9.17, 15) is 18.0 Å². The lowest BCUT2D eigenvalue weighted by Gasteiger charge is -2.38. The second-order valence-corrected chi connectivity index (χ2v) is 8.09. The second-order valence-electron chi connectivity index (χ2n) is 6.84. The number of amides is 1. The lowest BCUT2D eigenvalue weighted by atomic mass is 10.2.